The third-order valence-corrected chi connectivity index (χ3v) is 5.35. The second-order valence-corrected chi connectivity index (χ2v) is 7.33. The molecule has 0 bridgehead atoms. The summed E-state index contributed by atoms with van der Waals surface area (Å²) in [7, 11) is 0. The Labute approximate surface area is 154 Å². The molecule has 2 saturated heterocycles. The Morgan fingerprint density at radius 1 is 1.38 bits per heavy atom. The van der Waals surface area contributed by atoms with Crippen LogP contribution in [0.5, 0.6) is 0 Å². The Bertz CT molecular complexity index is 624. The minimum Gasteiger partial charge on any atom is -0.353 e. The first-order valence-electron chi connectivity index (χ1n) is 9.59. The second-order valence-electron chi connectivity index (χ2n) is 7.33. The molecule has 4 unspecified atom stereocenters. The van der Waals surface area contributed by atoms with E-state index < -0.39 is 0 Å². The highest BCUT2D eigenvalue weighted by atomic mass is 16.2. The van der Waals surface area contributed by atoms with Gasteiger partial charge in [-0.15, -0.1) is 0 Å². The molecule has 3 N–H and O–H groups in total. The summed E-state index contributed by atoms with van der Waals surface area (Å²) in [5, 5.41) is 3.04. The Morgan fingerprint density at radius 2 is 2.23 bits per heavy atom. The Morgan fingerprint density at radius 3 is 2.96 bits per heavy atom. The maximum Gasteiger partial charge on any atom is 0.241 e. The molecule has 1 aromatic rings. The van der Waals surface area contributed by atoms with Gasteiger partial charge in [-0.05, 0) is 44.7 Å². The summed E-state index contributed by atoms with van der Waals surface area (Å²) in [6.45, 7) is 5.29. The summed E-state index contributed by atoms with van der Waals surface area (Å²) >= 11 is 0. The quantitative estimate of drug-likeness (QED) is 0.734. The number of pyridine rings is 1. The third-order valence-electron chi connectivity index (χ3n) is 5.35. The summed E-state index contributed by atoms with van der Waals surface area (Å²) in [5.41, 5.74) is 7.21. The lowest BCUT2D eigenvalue weighted by molar-refractivity contribution is -0.137. The molecule has 3 heterocycles. The summed E-state index contributed by atoms with van der Waals surface area (Å²) in [4.78, 5) is 31.5. The number of hydrogen-bond donors (Lipinski definition) is 3. The fraction of sp³-hybridized carbons (Fsp3) is 0.632. The molecule has 0 spiro atoms. The predicted octanol–water partition coefficient (Wildman–Crippen LogP) is 1.14. The third kappa shape index (κ3) is 4.40. The van der Waals surface area contributed by atoms with E-state index in [-0.39, 0.29) is 35.9 Å². The van der Waals surface area contributed by atoms with E-state index >= 15 is 0 Å². The van der Waals surface area contributed by atoms with E-state index in [1.807, 2.05) is 30.0 Å². The van der Waals surface area contributed by atoms with E-state index in [4.69, 9.17) is 0 Å². The lowest BCUT2D eigenvalue weighted by atomic mass is 9.95. The maximum absolute atomic E-state index is 12.9. The lowest BCUT2D eigenvalue weighted by Crippen LogP contribution is -2.51. The number of aromatic nitrogens is 1. The Hall–Kier alpha value is -1.99. The first kappa shape index (κ1) is 18.8. The summed E-state index contributed by atoms with van der Waals surface area (Å²) in [6, 6.07) is 5.71. The van der Waals surface area contributed by atoms with Crippen LogP contribution >= 0.6 is 0 Å². The monoisotopic (exact) mass is 359 g/mol. The molecule has 2 amide bonds. The van der Waals surface area contributed by atoms with Gasteiger partial charge in [0.05, 0.1) is 17.7 Å². The fourth-order valence-electron chi connectivity index (χ4n) is 3.57. The van der Waals surface area contributed by atoms with Crippen molar-refractivity contribution in [3.8, 4) is 0 Å². The van der Waals surface area contributed by atoms with Gasteiger partial charge in [-0.25, -0.2) is 10.9 Å². The largest absolute Gasteiger partial charge is 0.353 e. The number of hydrogen-bond acceptors (Lipinski definition) is 5. The van der Waals surface area contributed by atoms with Gasteiger partial charge in [0.15, 0.2) is 0 Å². The first-order valence-corrected chi connectivity index (χ1v) is 9.59. The topological polar surface area (TPSA) is 86.4 Å². The van der Waals surface area contributed by atoms with E-state index in [0.29, 0.717) is 13.0 Å². The molecule has 7 nitrogen and oxygen atoms in total. The van der Waals surface area contributed by atoms with Gasteiger partial charge in [0.25, 0.3) is 0 Å². The minimum absolute atomic E-state index is 0.0273. The zero-order chi connectivity index (χ0) is 18.5. The minimum atomic E-state index is -0.279. The van der Waals surface area contributed by atoms with Crippen molar-refractivity contribution < 1.29 is 9.59 Å². The standard InChI is InChI=1S/C19H29N5O2/c1-3-13(2)21-18(25)14-7-6-10-24(12-14)19(26)17-11-16(22-23-17)15-8-4-5-9-20-15/h4-5,8-9,13-14,16-17,22-23H,3,6-7,10-12H2,1-2H3,(H,21,25). The Balaban J connectivity index is 1.55. The maximum atomic E-state index is 12.9. The number of rotatable bonds is 5. The Kier molecular flexibility index (Phi) is 6.21. The highest BCUT2D eigenvalue weighted by molar-refractivity contribution is 5.84. The normalized spacial score (nSPS) is 27.2. The van der Waals surface area contributed by atoms with E-state index in [1.54, 1.807) is 6.20 Å². The molecule has 7 heteroatoms. The van der Waals surface area contributed by atoms with Crippen LogP contribution in [-0.2, 0) is 9.59 Å². The van der Waals surface area contributed by atoms with Gasteiger partial charge in [0, 0.05) is 25.3 Å². The van der Waals surface area contributed by atoms with Crippen molar-refractivity contribution in [1.29, 1.82) is 0 Å². The van der Waals surface area contributed by atoms with Crippen LogP contribution in [0.2, 0.25) is 0 Å². The van der Waals surface area contributed by atoms with E-state index in [1.165, 1.54) is 0 Å². The number of carbonyl (C=O) groups is 2. The van der Waals surface area contributed by atoms with Crippen molar-refractivity contribution in [1.82, 2.24) is 26.1 Å². The molecule has 3 rings (SSSR count). The molecule has 0 aliphatic carbocycles. The van der Waals surface area contributed by atoms with Crippen molar-refractivity contribution >= 4 is 11.8 Å². The zero-order valence-electron chi connectivity index (χ0n) is 15.6. The van der Waals surface area contributed by atoms with Crippen LogP contribution in [0, 0.1) is 5.92 Å². The van der Waals surface area contributed by atoms with Crippen LogP contribution < -0.4 is 16.2 Å². The van der Waals surface area contributed by atoms with Gasteiger partial charge in [0.2, 0.25) is 11.8 Å². The lowest BCUT2D eigenvalue weighted by Gasteiger charge is -2.34. The van der Waals surface area contributed by atoms with Crippen LogP contribution in [0.15, 0.2) is 24.4 Å². The number of nitrogens with zero attached hydrogens (tertiary/aromatic N) is 2. The van der Waals surface area contributed by atoms with Crippen molar-refractivity contribution in [2.24, 2.45) is 5.92 Å². The summed E-state index contributed by atoms with van der Waals surface area (Å²) in [5.74, 6) is 0.0281. The van der Waals surface area contributed by atoms with Crippen LogP contribution in [-0.4, -0.2) is 46.9 Å². The van der Waals surface area contributed by atoms with Crippen molar-refractivity contribution in [2.75, 3.05) is 13.1 Å². The highest BCUT2D eigenvalue weighted by Crippen LogP contribution is 2.23. The number of likely N-dealkylation sites (tertiary alicyclic amines) is 1. The van der Waals surface area contributed by atoms with E-state index in [0.717, 1.165) is 31.5 Å². The van der Waals surface area contributed by atoms with Gasteiger partial charge in [-0.3, -0.25) is 14.6 Å². The van der Waals surface area contributed by atoms with Gasteiger partial charge in [-0.1, -0.05) is 13.0 Å². The summed E-state index contributed by atoms with van der Waals surface area (Å²) < 4.78 is 0. The molecule has 2 aliphatic rings. The number of amides is 2. The molecule has 0 radical (unpaired) electrons. The second kappa shape index (κ2) is 8.60. The molecule has 0 saturated carbocycles. The SMILES string of the molecule is CCC(C)NC(=O)C1CCCN(C(=O)C2CC(c3ccccn3)NN2)C1. The van der Waals surface area contributed by atoms with Crippen LogP contribution in [0.1, 0.15) is 51.3 Å². The number of carbonyl (C=O) groups excluding carboxylic acids is 2. The van der Waals surface area contributed by atoms with Gasteiger partial charge < -0.3 is 10.2 Å². The van der Waals surface area contributed by atoms with Crippen molar-refractivity contribution in [2.45, 2.75) is 57.7 Å². The number of nitrogens with one attached hydrogen (secondary N) is 3. The van der Waals surface area contributed by atoms with Crippen molar-refractivity contribution in [3.05, 3.63) is 30.1 Å². The van der Waals surface area contributed by atoms with Gasteiger partial charge in [-0.2, -0.15) is 0 Å². The zero-order valence-corrected chi connectivity index (χ0v) is 15.6. The van der Waals surface area contributed by atoms with Crippen LogP contribution in [0.4, 0.5) is 0 Å². The molecular weight excluding hydrogens is 330 g/mol. The molecule has 1 aromatic heterocycles. The van der Waals surface area contributed by atoms with Gasteiger partial charge >= 0.3 is 0 Å². The molecule has 2 fully saturated rings. The number of hydrazine groups is 1. The summed E-state index contributed by atoms with van der Waals surface area (Å²) in [6.07, 6.45) is 5.05. The molecule has 0 aromatic carbocycles. The molecule has 4 atom stereocenters. The molecular formula is C19H29N5O2. The number of piperidine rings is 1. The predicted molar refractivity (Wildman–Crippen MR) is 98.9 cm³/mol. The van der Waals surface area contributed by atoms with E-state index in [9.17, 15) is 9.59 Å². The van der Waals surface area contributed by atoms with Crippen molar-refractivity contribution in [3.63, 3.8) is 0 Å². The van der Waals surface area contributed by atoms with Crippen LogP contribution in [0.25, 0.3) is 0 Å². The molecule has 2 aliphatic heterocycles. The van der Waals surface area contributed by atoms with Crippen LogP contribution in [0.3, 0.4) is 0 Å². The fourth-order valence-corrected chi connectivity index (χ4v) is 3.57. The smallest absolute Gasteiger partial charge is 0.241 e. The van der Waals surface area contributed by atoms with Gasteiger partial charge in [0.1, 0.15) is 6.04 Å². The average Bonchev–Trinajstić information content (AvgIpc) is 3.18. The van der Waals surface area contributed by atoms with E-state index in [2.05, 4.69) is 28.1 Å². The highest BCUT2D eigenvalue weighted by Gasteiger charge is 2.36. The molecule has 142 valence electrons. The average molecular weight is 359 g/mol. The first-order chi connectivity index (χ1) is 12.6. The molecule has 26 heavy (non-hydrogen) atoms.